The first-order valence-electron chi connectivity index (χ1n) is 12.5. The third kappa shape index (κ3) is 6.64. The quantitative estimate of drug-likeness (QED) is 0.242. The minimum absolute atomic E-state index is 0.137. The summed E-state index contributed by atoms with van der Waals surface area (Å²) in [5, 5.41) is 0. The zero-order chi connectivity index (χ0) is 26.8. The van der Waals surface area contributed by atoms with Gasteiger partial charge in [0.05, 0.1) is 0 Å². The Labute approximate surface area is 222 Å². The average molecular weight is 513 g/mol. The number of hydrogen-bond acceptors (Lipinski definition) is 3. The van der Waals surface area contributed by atoms with E-state index in [-0.39, 0.29) is 11.0 Å². The zero-order valence-corrected chi connectivity index (χ0v) is 23.4. The molecule has 4 heteroatoms. The minimum atomic E-state index is -2.65. The third-order valence-corrected chi connectivity index (χ3v) is 8.07. The molecule has 0 radical (unpaired) electrons. The standard InChI is InChI=1S/C33H36O3S/c1-32(2,3)26-12-8-24(9-13-26)25-10-14-27(15-11-25)35-28-16-20-30(21-17-28)37(7,34)31-22-18-29(19-23-31)36-33(4,5)6/h8-23H,7H2,1-6H3. The van der Waals surface area contributed by atoms with E-state index in [1.165, 1.54) is 11.1 Å². The van der Waals surface area contributed by atoms with Crippen LogP contribution in [0.1, 0.15) is 47.1 Å². The van der Waals surface area contributed by atoms with Crippen LogP contribution >= 0.6 is 0 Å². The van der Waals surface area contributed by atoms with Crippen LogP contribution in [0.5, 0.6) is 17.2 Å². The molecule has 0 saturated carbocycles. The number of ether oxygens (including phenoxy) is 2. The molecule has 3 nitrogen and oxygen atoms in total. The summed E-state index contributed by atoms with van der Waals surface area (Å²) >= 11 is 0. The van der Waals surface area contributed by atoms with Crippen molar-refractivity contribution < 1.29 is 13.7 Å². The van der Waals surface area contributed by atoms with Crippen LogP contribution in [-0.2, 0) is 14.9 Å². The Hall–Kier alpha value is -3.50. The van der Waals surface area contributed by atoms with E-state index in [1.54, 1.807) is 0 Å². The Morgan fingerprint density at radius 1 is 0.568 bits per heavy atom. The minimum Gasteiger partial charge on any atom is -0.488 e. The van der Waals surface area contributed by atoms with Gasteiger partial charge < -0.3 is 9.47 Å². The molecule has 0 aliphatic heterocycles. The van der Waals surface area contributed by atoms with Crippen LogP contribution in [0.4, 0.5) is 0 Å². The highest BCUT2D eigenvalue weighted by molar-refractivity contribution is 8.00. The normalized spacial score (nSPS) is 13.6. The molecule has 0 spiro atoms. The summed E-state index contributed by atoms with van der Waals surface area (Å²) in [6, 6.07) is 31.4. The molecule has 4 aromatic carbocycles. The highest BCUT2D eigenvalue weighted by Crippen LogP contribution is 2.30. The van der Waals surface area contributed by atoms with Gasteiger partial charge in [-0.25, -0.2) is 0 Å². The van der Waals surface area contributed by atoms with Gasteiger partial charge in [0.15, 0.2) is 0 Å². The number of hydrogen-bond donors (Lipinski definition) is 0. The molecule has 1 atom stereocenters. The first-order chi connectivity index (χ1) is 17.3. The van der Waals surface area contributed by atoms with E-state index in [1.807, 2.05) is 81.4 Å². The van der Waals surface area contributed by atoms with Gasteiger partial charge in [0.25, 0.3) is 0 Å². The summed E-state index contributed by atoms with van der Waals surface area (Å²) in [5.41, 5.74) is 3.48. The van der Waals surface area contributed by atoms with Crippen LogP contribution in [-0.4, -0.2) is 15.7 Å². The topological polar surface area (TPSA) is 35.5 Å². The van der Waals surface area contributed by atoms with E-state index in [9.17, 15) is 4.21 Å². The van der Waals surface area contributed by atoms with Gasteiger partial charge in [0.2, 0.25) is 0 Å². The van der Waals surface area contributed by atoms with E-state index in [0.29, 0.717) is 15.5 Å². The Bertz CT molecular complexity index is 1430. The fourth-order valence-electron chi connectivity index (χ4n) is 3.96. The summed E-state index contributed by atoms with van der Waals surface area (Å²) in [6.07, 6.45) is 0. The molecular formula is C33H36O3S. The third-order valence-electron chi connectivity index (χ3n) is 6.01. The summed E-state index contributed by atoms with van der Waals surface area (Å²) in [6.45, 7) is 12.6. The van der Waals surface area contributed by atoms with E-state index < -0.39 is 9.52 Å². The molecule has 37 heavy (non-hydrogen) atoms. The van der Waals surface area contributed by atoms with Crippen molar-refractivity contribution in [1.29, 1.82) is 0 Å². The maximum absolute atomic E-state index is 13.5. The monoisotopic (exact) mass is 512 g/mol. The molecule has 0 N–H and O–H groups in total. The molecule has 0 saturated heterocycles. The van der Waals surface area contributed by atoms with Gasteiger partial charge in [-0.1, -0.05) is 57.2 Å². The zero-order valence-electron chi connectivity index (χ0n) is 22.6. The molecule has 0 aliphatic rings. The lowest BCUT2D eigenvalue weighted by atomic mass is 9.86. The molecule has 0 aliphatic carbocycles. The van der Waals surface area contributed by atoms with Crippen molar-refractivity contribution in [2.45, 2.75) is 62.3 Å². The Kier molecular flexibility index (Phi) is 7.25. The van der Waals surface area contributed by atoms with Crippen molar-refractivity contribution in [2.24, 2.45) is 0 Å². The lowest BCUT2D eigenvalue weighted by molar-refractivity contribution is 0.131. The molecule has 4 aromatic rings. The van der Waals surface area contributed by atoms with Crippen molar-refractivity contribution in [3.63, 3.8) is 0 Å². The summed E-state index contributed by atoms with van der Waals surface area (Å²) in [4.78, 5) is 1.31. The lowest BCUT2D eigenvalue weighted by Gasteiger charge is -2.21. The van der Waals surface area contributed by atoms with Crippen LogP contribution in [0.25, 0.3) is 11.1 Å². The Balaban J connectivity index is 1.44. The van der Waals surface area contributed by atoms with Gasteiger partial charge in [-0.3, -0.25) is 4.21 Å². The van der Waals surface area contributed by atoms with Gasteiger partial charge in [-0.15, -0.1) is 0 Å². The van der Waals surface area contributed by atoms with Crippen molar-refractivity contribution >= 4 is 15.4 Å². The van der Waals surface area contributed by atoms with Crippen LogP contribution in [0.15, 0.2) is 107 Å². The Morgan fingerprint density at radius 2 is 0.946 bits per heavy atom. The summed E-state index contributed by atoms with van der Waals surface area (Å²) < 4.78 is 25.4. The van der Waals surface area contributed by atoms with Gasteiger partial charge in [-0.05, 0) is 109 Å². The number of benzene rings is 4. The molecule has 0 amide bonds. The molecule has 4 rings (SSSR count). The fraction of sp³-hybridized carbons (Fsp3) is 0.242. The largest absolute Gasteiger partial charge is 0.488 e. The first kappa shape index (κ1) is 26.6. The van der Waals surface area contributed by atoms with Gasteiger partial charge in [-0.2, -0.15) is 0 Å². The van der Waals surface area contributed by atoms with E-state index >= 15 is 0 Å². The van der Waals surface area contributed by atoms with Crippen LogP contribution in [0.3, 0.4) is 0 Å². The van der Waals surface area contributed by atoms with Gasteiger partial charge >= 0.3 is 0 Å². The second-order valence-electron chi connectivity index (χ2n) is 11.3. The molecule has 0 fully saturated rings. The highest BCUT2D eigenvalue weighted by atomic mass is 32.2. The highest BCUT2D eigenvalue weighted by Gasteiger charge is 2.15. The molecule has 1 unspecified atom stereocenters. The maximum Gasteiger partial charge on any atom is 0.127 e. The fourth-order valence-corrected chi connectivity index (χ4v) is 5.38. The van der Waals surface area contributed by atoms with E-state index in [4.69, 9.17) is 9.47 Å². The maximum atomic E-state index is 13.5. The SMILES string of the molecule is C=S(=O)(c1ccc(Oc2ccc(-c3ccc(C(C)(C)C)cc3)cc2)cc1)c1ccc(OC(C)(C)C)cc1. The predicted molar refractivity (Wildman–Crippen MR) is 156 cm³/mol. The van der Waals surface area contributed by atoms with Crippen molar-refractivity contribution in [3.8, 4) is 28.4 Å². The number of rotatable bonds is 6. The van der Waals surface area contributed by atoms with Crippen LogP contribution < -0.4 is 9.47 Å². The molecule has 0 bridgehead atoms. The average Bonchev–Trinajstić information content (AvgIpc) is 2.84. The smallest absolute Gasteiger partial charge is 0.127 e. The molecule has 192 valence electrons. The Morgan fingerprint density at radius 3 is 1.35 bits per heavy atom. The second-order valence-corrected chi connectivity index (χ2v) is 13.6. The lowest BCUT2D eigenvalue weighted by Crippen LogP contribution is -2.22. The summed E-state index contributed by atoms with van der Waals surface area (Å²) in [7, 11) is -2.65. The van der Waals surface area contributed by atoms with Crippen molar-refractivity contribution in [3.05, 3.63) is 103 Å². The van der Waals surface area contributed by atoms with Crippen LogP contribution in [0, 0.1) is 0 Å². The van der Waals surface area contributed by atoms with Crippen LogP contribution in [0.2, 0.25) is 0 Å². The van der Waals surface area contributed by atoms with Gasteiger partial charge in [0.1, 0.15) is 22.8 Å². The predicted octanol–water partition coefficient (Wildman–Crippen LogP) is 8.76. The molecular weight excluding hydrogens is 476 g/mol. The van der Waals surface area contributed by atoms with Gasteiger partial charge in [0, 0.05) is 19.3 Å². The first-order valence-corrected chi connectivity index (χ1v) is 14.2. The van der Waals surface area contributed by atoms with E-state index in [0.717, 1.165) is 17.1 Å². The second kappa shape index (κ2) is 10.1. The molecule has 0 heterocycles. The molecule has 0 aromatic heterocycles. The van der Waals surface area contributed by atoms with E-state index in [2.05, 4.69) is 63.0 Å². The van der Waals surface area contributed by atoms with Crippen molar-refractivity contribution in [1.82, 2.24) is 0 Å². The summed E-state index contributed by atoms with van der Waals surface area (Å²) in [5.74, 6) is 6.19. The van der Waals surface area contributed by atoms with Crippen molar-refractivity contribution in [2.75, 3.05) is 0 Å².